The standard InChI is InChI=1S/C20H30N2O/c1-16-10-12-17(13-11-16)19(22-14-6-3-7-15-22)20(23)21-18-8-4-2-5-9-18/h10-13,18-19H,2-9,14-15H2,1H3,(H,21,23). The van der Waals surface area contributed by atoms with E-state index in [1.807, 2.05) is 0 Å². The van der Waals surface area contributed by atoms with E-state index in [0.29, 0.717) is 6.04 Å². The van der Waals surface area contributed by atoms with E-state index in [2.05, 4.69) is 41.4 Å². The summed E-state index contributed by atoms with van der Waals surface area (Å²) in [6.45, 7) is 4.18. The molecule has 1 amide bonds. The van der Waals surface area contributed by atoms with Gasteiger partial charge in [-0.1, -0.05) is 55.5 Å². The number of piperidine rings is 1. The second kappa shape index (κ2) is 7.96. The van der Waals surface area contributed by atoms with Gasteiger partial charge in [0.2, 0.25) is 5.91 Å². The fraction of sp³-hybridized carbons (Fsp3) is 0.650. The molecule has 1 aliphatic carbocycles. The van der Waals surface area contributed by atoms with Crippen LogP contribution in [0.25, 0.3) is 0 Å². The van der Waals surface area contributed by atoms with Crippen molar-refractivity contribution in [3.63, 3.8) is 0 Å². The van der Waals surface area contributed by atoms with Gasteiger partial charge in [0.1, 0.15) is 6.04 Å². The largest absolute Gasteiger partial charge is 0.352 e. The lowest BCUT2D eigenvalue weighted by atomic mass is 9.94. The quantitative estimate of drug-likeness (QED) is 0.912. The Balaban J connectivity index is 1.75. The molecule has 1 aromatic carbocycles. The number of likely N-dealkylation sites (tertiary alicyclic amines) is 1. The maximum absolute atomic E-state index is 13.0. The number of carbonyl (C=O) groups is 1. The minimum atomic E-state index is -0.113. The molecule has 3 nitrogen and oxygen atoms in total. The first-order valence-electron chi connectivity index (χ1n) is 9.35. The van der Waals surface area contributed by atoms with Gasteiger partial charge in [-0.2, -0.15) is 0 Å². The van der Waals surface area contributed by atoms with Crippen molar-refractivity contribution < 1.29 is 4.79 Å². The molecular formula is C20H30N2O. The van der Waals surface area contributed by atoms with Crippen molar-refractivity contribution in [2.24, 2.45) is 0 Å². The normalized spacial score (nSPS) is 21.8. The van der Waals surface area contributed by atoms with Gasteiger partial charge in [-0.15, -0.1) is 0 Å². The van der Waals surface area contributed by atoms with Gasteiger partial charge in [0.05, 0.1) is 0 Å². The minimum absolute atomic E-state index is 0.113. The number of carbonyl (C=O) groups excluding carboxylic acids is 1. The second-order valence-corrected chi connectivity index (χ2v) is 7.25. The van der Waals surface area contributed by atoms with Gasteiger partial charge in [0.25, 0.3) is 0 Å². The maximum Gasteiger partial charge on any atom is 0.242 e. The van der Waals surface area contributed by atoms with E-state index in [0.717, 1.165) is 31.5 Å². The smallest absolute Gasteiger partial charge is 0.242 e. The molecule has 3 rings (SSSR count). The number of amides is 1. The van der Waals surface area contributed by atoms with Crippen LogP contribution in [0.15, 0.2) is 24.3 Å². The number of nitrogens with one attached hydrogen (secondary N) is 1. The van der Waals surface area contributed by atoms with E-state index in [4.69, 9.17) is 0 Å². The van der Waals surface area contributed by atoms with Crippen LogP contribution in [0, 0.1) is 6.92 Å². The minimum Gasteiger partial charge on any atom is -0.352 e. The summed E-state index contributed by atoms with van der Waals surface area (Å²) in [6.07, 6.45) is 9.83. The summed E-state index contributed by atoms with van der Waals surface area (Å²) in [5.74, 6) is 0.211. The molecule has 2 fully saturated rings. The van der Waals surface area contributed by atoms with E-state index in [-0.39, 0.29) is 11.9 Å². The van der Waals surface area contributed by atoms with Crippen LogP contribution < -0.4 is 5.32 Å². The summed E-state index contributed by atoms with van der Waals surface area (Å²) in [5, 5.41) is 3.35. The Morgan fingerprint density at radius 1 is 1.00 bits per heavy atom. The summed E-state index contributed by atoms with van der Waals surface area (Å²) in [5.41, 5.74) is 2.39. The summed E-state index contributed by atoms with van der Waals surface area (Å²) in [4.78, 5) is 15.4. The number of nitrogens with zero attached hydrogens (tertiary/aromatic N) is 1. The highest BCUT2D eigenvalue weighted by Gasteiger charge is 2.30. The van der Waals surface area contributed by atoms with Gasteiger partial charge in [-0.3, -0.25) is 9.69 Å². The van der Waals surface area contributed by atoms with E-state index in [1.54, 1.807) is 0 Å². The fourth-order valence-corrected chi connectivity index (χ4v) is 3.98. The van der Waals surface area contributed by atoms with Crippen LogP contribution in [0.4, 0.5) is 0 Å². The van der Waals surface area contributed by atoms with Crippen LogP contribution in [0.5, 0.6) is 0 Å². The Bertz CT molecular complexity index is 499. The molecule has 1 atom stereocenters. The molecule has 1 aromatic rings. The monoisotopic (exact) mass is 314 g/mol. The maximum atomic E-state index is 13.0. The fourth-order valence-electron chi connectivity index (χ4n) is 3.98. The molecule has 0 aromatic heterocycles. The van der Waals surface area contributed by atoms with Crippen molar-refractivity contribution in [3.8, 4) is 0 Å². The first kappa shape index (κ1) is 16.5. The highest BCUT2D eigenvalue weighted by molar-refractivity contribution is 5.83. The molecule has 3 heteroatoms. The van der Waals surface area contributed by atoms with E-state index < -0.39 is 0 Å². The van der Waals surface area contributed by atoms with Gasteiger partial charge >= 0.3 is 0 Å². The molecule has 2 aliphatic rings. The van der Waals surface area contributed by atoms with Crippen LogP contribution >= 0.6 is 0 Å². The summed E-state index contributed by atoms with van der Waals surface area (Å²) in [7, 11) is 0. The first-order valence-corrected chi connectivity index (χ1v) is 9.35. The van der Waals surface area contributed by atoms with E-state index in [1.165, 1.54) is 44.1 Å². The zero-order chi connectivity index (χ0) is 16.1. The molecule has 1 saturated heterocycles. The number of rotatable bonds is 4. The Labute approximate surface area is 140 Å². The molecular weight excluding hydrogens is 284 g/mol. The van der Waals surface area contributed by atoms with Crippen molar-refractivity contribution in [2.75, 3.05) is 13.1 Å². The Morgan fingerprint density at radius 3 is 2.26 bits per heavy atom. The van der Waals surface area contributed by atoms with Crippen LogP contribution in [0.3, 0.4) is 0 Å². The molecule has 1 saturated carbocycles. The lowest BCUT2D eigenvalue weighted by Crippen LogP contribution is -2.46. The molecule has 1 aliphatic heterocycles. The lowest BCUT2D eigenvalue weighted by molar-refractivity contribution is -0.128. The highest BCUT2D eigenvalue weighted by Crippen LogP contribution is 2.26. The van der Waals surface area contributed by atoms with Crippen LogP contribution in [0.2, 0.25) is 0 Å². The first-order chi connectivity index (χ1) is 11.2. The number of hydrogen-bond acceptors (Lipinski definition) is 2. The number of benzene rings is 1. The number of hydrogen-bond donors (Lipinski definition) is 1. The summed E-state index contributed by atoms with van der Waals surface area (Å²) >= 11 is 0. The van der Waals surface area contributed by atoms with Gasteiger partial charge < -0.3 is 5.32 Å². The van der Waals surface area contributed by atoms with Crippen molar-refractivity contribution in [1.29, 1.82) is 0 Å². The predicted molar refractivity (Wildman–Crippen MR) is 94.4 cm³/mol. The summed E-state index contributed by atoms with van der Waals surface area (Å²) in [6, 6.07) is 8.79. The molecule has 126 valence electrons. The van der Waals surface area contributed by atoms with E-state index >= 15 is 0 Å². The van der Waals surface area contributed by atoms with Gasteiger partial charge in [-0.25, -0.2) is 0 Å². The van der Waals surface area contributed by atoms with Crippen molar-refractivity contribution in [3.05, 3.63) is 35.4 Å². The Morgan fingerprint density at radius 2 is 1.61 bits per heavy atom. The third-order valence-electron chi connectivity index (χ3n) is 5.35. The molecule has 1 heterocycles. The van der Waals surface area contributed by atoms with Crippen LogP contribution in [0.1, 0.15) is 68.5 Å². The van der Waals surface area contributed by atoms with E-state index in [9.17, 15) is 4.79 Å². The van der Waals surface area contributed by atoms with Crippen molar-refractivity contribution in [2.45, 2.75) is 70.4 Å². The van der Waals surface area contributed by atoms with Gasteiger partial charge in [0.15, 0.2) is 0 Å². The van der Waals surface area contributed by atoms with Gasteiger partial charge in [0, 0.05) is 6.04 Å². The number of aryl methyl sites for hydroxylation is 1. The third-order valence-corrected chi connectivity index (χ3v) is 5.35. The van der Waals surface area contributed by atoms with Gasteiger partial charge in [-0.05, 0) is 51.3 Å². The van der Waals surface area contributed by atoms with Crippen molar-refractivity contribution >= 4 is 5.91 Å². The highest BCUT2D eigenvalue weighted by atomic mass is 16.2. The predicted octanol–water partition coefficient (Wildman–Crippen LogP) is 3.97. The molecule has 0 spiro atoms. The molecule has 0 bridgehead atoms. The molecule has 0 radical (unpaired) electrons. The van der Waals surface area contributed by atoms with Crippen molar-refractivity contribution in [1.82, 2.24) is 10.2 Å². The second-order valence-electron chi connectivity index (χ2n) is 7.25. The molecule has 1 N–H and O–H groups in total. The Hall–Kier alpha value is -1.35. The topological polar surface area (TPSA) is 32.3 Å². The van der Waals surface area contributed by atoms with Crippen LogP contribution in [-0.4, -0.2) is 29.9 Å². The summed E-state index contributed by atoms with van der Waals surface area (Å²) < 4.78 is 0. The SMILES string of the molecule is Cc1ccc(C(C(=O)NC2CCCCC2)N2CCCCC2)cc1. The van der Waals surface area contributed by atoms with Crippen LogP contribution in [-0.2, 0) is 4.79 Å². The average molecular weight is 314 g/mol. The average Bonchev–Trinajstić information content (AvgIpc) is 2.59. The Kier molecular flexibility index (Phi) is 5.71. The zero-order valence-electron chi connectivity index (χ0n) is 14.4. The third kappa shape index (κ3) is 4.35. The molecule has 23 heavy (non-hydrogen) atoms. The lowest BCUT2D eigenvalue weighted by Gasteiger charge is -2.35. The zero-order valence-corrected chi connectivity index (χ0v) is 14.4. The molecule has 1 unspecified atom stereocenters.